The van der Waals surface area contributed by atoms with Crippen LogP contribution < -0.4 is 4.90 Å². The Kier molecular flexibility index (Phi) is 4.77. The monoisotopic (exact) mass is 264 g/mol. The van der Waals surface area contributed by atoms with E-state index in [1.165, 1.54) is 5.69 Å². The van der Waals surface area contributed by atoms with E-state index in [-0.39, 0.29) is 12.2 Å². The molecule has 1 aromatic heterocycles. The maximum absolute atomic E-state index is 9.44. The number of piperidine rings is 1. The second-order valence-electron chi connectivity index (χ2n) is 5.29. The third kappa shape index (κ3) is 3.25. The third-order valence-corrected chi connectivity index (χ3v) is 4.08. The number of hydrogen-bond acceptors (Lipinski definition) is 4. The lowest BCUT2D eigenvalue weighted by atomic mass is 9.92. The molecule has 1 saturated heterocycles. The van der Waals surface area contributed by atoms with Gasteiger partial charge in [0, 0.05) is 25.9 Å². The van der Waals surface area contributed by atoms with Gasteiger partial charge in [0.05, 0.1) is 24.1 Å². The van der Waals surface area contributed by atoms with Gasteiger partial charge in [0.25, 0.3) is 0 Å². The molecule has 2 rings (SSSR count). The van der Waals surface area contributed by atoms with E-state index in [9.17, 15) is 5.11 Å². The van der Waals surface area contributed by atoms with Crippen LogP contribution >= 0.6 is 0 Å². The molecule has 0 spiro atoms. The molecule has 1 aliphatic rings. The van der Waals surface area contributed by atoms with Crippen molar-refractivity contribution >= 4 is 5.69 Å². The Balaban J connectivity index is 1.97. The quantitative estimate of drug-likeness (QED) is 0.883. The molecule has 0 aromatic carbocycles. The normalized spacial score (nSPS) is 18.6. The standard InChI is InChI=1S/C15H24N2O2/c1-3-4-13-5-6-14(11-16-13)17-9-7-15(12-18,19-2)8-10-17/h5-6,11,18H,3-4,7-10,12H2,1-2H3. The van der Waals surface area contributed by atoms with Crippen molar-refractivity contribution in [1.82, 2.24) is 4.98 Å². The molecule has 1 N–H and O–H groups in total. The summed E-state index contributed by atoms with van der Waals surface area (Å²) in [4.78, 5) is 6.81. The lowest BCUT2D eigenvalue weighted by molar-refractivity contribution is -0.0672. The van der Waals surface area contributed by atoms with E-state index in [1.807, 2.05) is 6.20 Å². The van der Waals surface area contributed by atoms with Gasteiger partial charge in [-0.3, -0.25) is 4.98 Å². The van der Waals surface area contributed by atoms with Crippen LogP contribution in [0.2, 0.25) is 0 Å². The summed E-state index contributed by atoms with van der Waals surface area (Å²) in [7, 11) is 1.69. The number of hydrogen-bond donors (Lipinski definition) is 1. The van der Waals surface area contributed by atoms with Crippen molar-refractivity contribution in [2.75, 3.05) is 31.7 Å². The van der Waals surface area contributed by atoms with Crippen LogP contribution in [0.4, 0.5) is 5.69 Å². The summed E-state index contributed by atoms with van der Waals surface area (Å²) < 4.78 is 5.47. The average Bonchev–Trinajstić information content (AvgIpc) is 2.49. The van der Waals surface area contributed by atoms with Gasteiger partial charge in [0.2, 0.25) is 0 Å². The first kappa shape index (κ1) is 14.3. The van der Waals surface area contributed by atoms with E-state index >= 15 is 0 Å². The van der Waals surface area contributed by atoms with E-state index in [0.717, 1.165) is 44.5 Å². The van der Waals surface area contributed by atoms with Crippen molar-refractivity contribution in [3.8, 4) is 0 Å². The number of aliphatic hydroxyl groups is 1. The highest BCUT2D eigenvalue weighted by Gasteiger charge is 2.34. The van der Waals surface area contributed by atoms with E-state index in [0.29, 0.717) is 0 Å². The number of aryl methyl sites for hydroxylation is 1. The molecule has 0 atom stereocenters. The fourth-order valence-corrected chi connectivity index (χ4v) is 2.61. The Morgan fingerprint density at radius 1 is 1.37 bits per heavy atom. The molecule has 0 aliphatic carbocycles. The SMILES string of the molecule is CCCc1ccc(N2CCC(CO)(OC)CC2)cn1. The van der Waals surface area contributed by atoms with Gasteiger partial charge < -0.3 is 14.7 Å². The average molecular weight is 264 g/mol. The highest BCUT2D eigenvalue weighted by atomic mass is 16.5. The molecule has 2 heterocycles. The van der Waals surface area contributed by atoms with Gasteiger partial charge in [-0.1, -0.05) is 13.3 Å². The van der Waals surface area contributed by atoms with Crippen LogP contribution in [0, 0.1) is 0 Å². The van der Waals surface area contributed by atoms with Crippen molar-refractivity contribution in [3.63, 3.8) is 0 Å². The van der Waals surface area contributed by atoms with Crippen molar-refractivity contribution in [2.45, 2.75) is 38.2 Å². The largest absolute Gasteiger partial charge is 0.393 e. The van der Waals surface area contributed by atoms with Gasteiger partial charge in [0.1, 0.15) is 0 Å². The lowest BCUT2D eigenvalue weighted by Gasteiger charge is -2.40. The number of rotatable bonds is 5. The van der Waals surface area contributed by atoms with E-state index < -0.39 is 0 Å². The fourth-order valence-electron chi connectivity index (χ4n) is 2.61. The van der Waals surface area contributed by atoms with E-state index in [2.05, 4.69) is 28.9 Å². The number of ether oxygens (including phenoxy) is 1. The first-order chi connectivity index (χ1) is 9.23. The first-order valence-corrected chi connectivity index (χ1v) is 7.09. The lowest BCUT2D eigenvalue weighted by Crippen LogP contribution is -2.48. The summed E-state index contributed by atoms with van der Waals surface area (Å²) in [6, 6.07) is 4.26. The number of aromatic nitrogens is 1. The molecule has 0 unspecified atom stereocenters. The van der Waals surface area contributed by atoms with Gasteiger partial charge in [-0.25, -0.2) is 0 Å². The minimum absolute atomic E-state index is 0.102. The summed E-state index contributed by atoms with van der Waals surface area (Å²) in [5.74, 6) is 0. The molecule has 0 bridgehead atoms. The second kappa shape index (κ2) is 6.35. The third-order valence-electron chi connectivity index (χ3n) is 4.08. The molecule has 4 heteroatoms. The predicted octanol–water partition coefficient (Wildman–Crippen LogP) is 2.01. The maximum Gasteiger partial charge on any atom is 0.0941 e. The molecule has 4 nitrogen and oxygen atoms in total. The summed E-state index contributed by atoms with van der Waals surface area (Å²) in [5, 5.41) is 9.44. The number of pyridine rings is 1. The van der Waals surface area contributed by atoms with Crippen LogP contribution in [0.3, 0.4) is 0 Å². The van der Waals surface area contributed by atoms with Crippen molar-refractivity contribution < 1.29 is 9.84 Å². The first-order valence-electron chi connectivity index (χ1n) is 7.09. The Morgan fingerprint density at radius 3 is 2.58 bits per heavy atom. The summed E-state index contributed by atoms with van der Waals surface area (Å²) >= 11 is 0. The topological polar surface area (TPSA) is 45.6 Å². The molecular weight excluding hydrogens is 240 g/mol. The van der Waals surface area contributed by atoms with Gasteiger partial charge >= 0.3 is 0 Å². The minimum atomic E-state index is -0.341. The van der Waals surface area contributed by atoms with E-state index in [4.69, 9.17) is 4.74 Å². The maximum atomic E-state index is 9.44. The molecular formula is C15H24N2O2. The van der Waals surface area contributed by atoms with Crippen LogP contribution in [-0.2, 0) is 11.2 Å². The Morgan fingerprint density at radius 2 is 2.11 bits per heavy atom. The molecule has 1 aromatic rings. The van der Waals surface area contributed by atoms with Crippen LogP contribution in [0.1, 0.15) is 31.9 Å². The molecule has 0 radical (unpaired) electrons. The number of anilines is 1. The molecule has 1 aliphatic heterocycles. The highest BCUT2D eigenvalue weighted by molar-refractivity contribution is 5.45. The molecule has 0 amide bonds. The molecule has 0 saturated carbocycles. The van der Waals surface area contributed by atoms with E-state index in [1.54, 1.807) is 7.11 Å². The second-order valence-corrected chi connectivity index (χ2v) is 5.29. The zero-order chi connectivity index (χ0) is 13.7. The predicted molar refractivity (Wildman–Crippen MR) is 76.5 cm³/mol. The van der Waals surface area contributed by atoms with Crippen molar-refractivity contribution in [2.24, 2.45) is 0 Å². The summed E-state index contributed by atoms with van der Waals surface area (Å²) in [6.07, 6.45) is 5.84. The number of aliphatic hydroxyl groups excluding tert-OH is 1. The number of methoxy groups -OCH3 is 1. The summed E-state index contributed by atoms with van der Waals surface area (Å²) in [5.41, 5.74) is 1.99. The van der Waals surface area contributed by atoms with Crippen LogP contribution in [0.15, 0.2) is 18.3 Å². The molecule has 1 fully saturated rings. The van der Waals surface area contributed by atoms with Gasteiger partial charge in [-0.2, -0.15) is 0 Å². The Bertz CT molecular complexity index is 378. The summed E-state index contributed by atoms with van der Waals surface area (Å²) in [6.45, 7) is 4.08. The zero-order valence-corrected chi connectivity index (χ0v) is 11.9. The van der Waals surface area contributed by atoms with Gasteiger partial charge in [-0.15, -0.1) is 0 Å². The van der Waals surface area contributed by atoms with Crippen LogP contribution in [0.5, 0.6) is 0 Å². The van der Waals surface area contributed by atoms with Crippen molar-refractivity contribution in [1.29, 1.82) is 0 Å². The van der Waals surface area contributed by atoms with Gasteiger partial charge in [-0.05, 0) is 31.4 Å². The van der Waals surface area contributed by atoms with Crippen molar-refractivity contribution in [3.05, 3.63) is 24.0 Å². The molecule has 19 heavy (non-hydrogen) atoms. The van der Waals surface area contributed by atoms with Crippen LogP contribution in [0.25, 0.3) is 0 Å². The zero-order valence-electron chi connectivity index (χ0n) is 11.9. The van der Waals surface area contributed by atoms with Crippen LogP contribution in [-0.4, -0.2) is 42.5 Å². The highest BCUT2D eigenvalue weighted by Crippen LogP contribution is 2.28. The number of nitrogens with zero attached hydrogens (tertiary/aromatic N) is 2. The molecule has 106 valence electrons. The smallest absolute Gasteiger partial charge is 0.0941 e. The minimum Gasteiger partial charge on any atom is -0.393 e. The fraction of sp³-hybridized carbons (Fsp3) is 0.667. The Hall–Kier alpha value is -1.13. The van der Waals surface area contributed by atoms with Gasteiger partial charge in [0.15, 0.2) is 0 Å². The Labute approximate surface area is 115 Å².